The van der Waals surface area contributed by atoms with Gasteiger partial charge in [0.2, 0.25) is 5.89 Å². The number of hydrogen-bond acceptors (Lipinski definition) is 4. The first-order chi connectivity index (χ1) is 14.8. The van der Waals surface area contributed by atoms with Gasteiger partial charge in [-0.2, -0.15) is 0 Å². The van der Waals surface area contributed by atoms with Crippen LogP contribution < -0.4 is 0 Å². The van der Waals surface area contributed by atoms with E-state index in [1.54, 1.807) is 48.5 Å². The SMILES string of the molecule is Cc1ccc(C(C(=O)O)(c2ccc(C)cc2)C(C(=O)S)c2nc3ccccc3o2)cc1. The molecule has 0 aliphatic carbocycles. The van der Waals surface area contributed by atoms with E-state index >= 15 is 0 Å². The van der Waals surface area contributed by atoms with Crippen LogP contribution in [0.25, 0.3) is 11.1 Å². The number of thiol groups is 1. The summed E-state index contributed by atoms with van der Waals surface area (Å²) in [5.74, 6) is -2.45. The first-order valence-corrected chi connectivity index (χ1v) is 10.2. The summed E-state index contributed by atoms with van der Waals surface area (Å²) >= 11 is 4.11. The van der Waals surface area contributed by atoms with Crippen molar-refractivity contribution in [1.29, 1.82) is 0 Å². The van der Waals surface area contributed by atoms with E-state index < -0.39 is 22.4 Å². The zero-order chi connectivity index (χ0) is 22.2. The number of nitrogens with zero attached hydrogens (tertiary/aromatic N) is 1. The molecular formula is C25H21NO4S. The number of carboxylic acid groups (broad SMARTS) is 1. The molecule has 0 spiro atoms. The Bertz CT molecular complexity index is 1180. The number of oxazole rings is 1. The molecular weight excluding hydrogens is 410 g/mol. The Labute approximate surface area is 185 Å². The number of rotatable bonds is 6. The second-order valence-corrected chi connectivity index (χ2v) is 8.08. The minimum absolute atomic E-state index is 0.0183. The number of carbonyl (C=O) groups excluding carboxylic acids is 1. The van der Waals surface area contributed by atoms with E-state index in [9.17, 15) is 14.7 Å². The van der Waals surface area contributed by atoms with Gasteiger partial charge in [-0.25, -0.2) is 4.98 Å². The number of aliphatic carboxylic acids is 1. The maximum atomic E-state index is 13.1. The normalized spacial score (nSPS) is 12.6. The molecule has 31 heavy (non-hydrogen) atoms. The third-order valence-electron chi connectivity index (χ3n) is 5.59. The molecule has 0 bridgehead atoms. The molecule has 156 valence electrons. The molecule has 0 aliphatic heterocycles. The van der Waals surface area contributed by atoms with Crippen LogP contribution in [0.2, 0.25) is 0 Å². The molecule has 3 aromatic carbocycles. The summed E-state index contributed by atoms with van der Waals surface area (Å²) in [6, 6.07) is 21.3. The fraction of sp³-hybridized carbons (Fsp3) is 0.160. The van der Waals surface area contributed by atoms with E-state index in [1.807, 2.05) is 38.1 Å². The molecule has 0 saturated heterocycles. The second kappa shape index (κ2) is 8.04. The Morgan fingerprint density at radius 2 is 1.42 bits per heavy atom. The Hall–Kier alpha value is -3.38. The maximum absolute atomic E-state index is 13.1. The van der Waals surface area contributed by atoms with Gasteiger partial charge < -0.3 is 9.52 Å². The van der Waals surface area contributed by atoms with Crippen molar-refractivity contribution in [3.8, 4) is 0 Å². The standard InChI is InChI=1S/C25H21NO4S/c1-15-7-11-17(12-8-15)25(24(28)29,18-13-9-16(2)10-14-18)21(23(27)31)22-26-19-5-3-4-6-20(19)30-22/h3-14,21H,1-2H3,(H,27,31)(H,28,29). The van der Waals surface area contributed by atoms with Crippen LogP contribution in [-0.2, 0) is 15.0 Å². The lowest BCUT2D eigenvalue weighted by Crippen LogP contribution is -2.45. The Balaban J connectivity index is 2.07. The quantitative estimate of drug-likeness (QED) is 0.417. The van der Waals surface area contributed by atoms with E-state index in [1.165, 1.54) is 0 Å². The number of aryl methyl sites for hydroxylation is 2. The number of benzene rings is 3. The number of carboxylic acids is 1. The van der Waals surface area contributed by atoms with Crippen molar-refractivity contribution in [1.82, 2.24) is 4.98 Å². The molecule has 1 N–H and O–H groups in total. The van der Waals surface area contributed by atoms with E-state index in [2.05, 4.69) is 17.6 Å². The summed E-state index contributed by atoms with van der Waals surface area (Å²) in [6.45, 7) is 3.83. The predicted octanol–water partition coefficient (Wildman–Crippen LogP) is 5.06. The van der Waals surface area contributed by atoms with Crippen LogP contribution in [0.5, 0.6) is 0 Å². The molecule has 4 aromatic rings. The van der Waals surface area contributed by atoms with Crippen molar-refractivity contribution in [2.75, 3.05) is 0 Å². The molecule has 1 heterocycles. The summed E-state index contributed by atoms with van der Waals surface area (Å²) in [6.07, 6.45) is 0. The van der Waals surface area contributed by atoms with E-state index in [4.69, 9.17) is 4.42 Å². The van der Waals surface area contributed by atoms with Crippen molar-refractivity contribution >= 4 is 34.8 Å². The molecule has 0 radical (unpaired) electrons. The van der Waals surface area contributed by atoms with Crippen LogP contribution in [0.3, 0.4) is 0 Å². The third kappa shape index (κ3) is 3.53. The summed E-state index contributed by atoms with van der Waals surface area (Å²) in [4.78, 5) is 30.5. The van der Waals surface area contributed by atoms with Gasteiger partial charge in [-0.1, -0.05) is 71.8 Å². The number of fused-ring (bicyclic) bond motifs is 1. The molecule has 0 aliphatic rings. The monoisotopic (exact) mass is 431 g/mol. The molecule has 1 aromatic heterocycles. The number of para-hydroxylation sites is 2. The highest BCUT2D eigenvalue weighted by Crippen LogP contribution is 2.46. The lowest BCUT2D eigenvalue weighted by atomic mass is 9.65. The highest BCUT2D eigenvalue weighted by molar-refractivity contribution is 7.96. The van der Waals surface area contributed by atoms with E-state index in [0.717, 1.165) is 11.1 Å². The highest BCUT2D eigenvalue weighted by atomic mass is 32.1. The molecule has 5 nitrogen and oxygen atoms in total. The molecule has 0 amide bonds. The summed E-state index contributed by atoms with van der Waals surface area (Å²) in [5.41, 5.74) is 2.09. The van der Waals surface area contributed by atoms with Gasteiger partial charge in [0.05, 0.1) is 0 Å². The van der Waals surface area contributed by atoms with Crippen LogP contribution in [0.1, 0.15) is 34.1 Å². The average Bonchev–Trinajstić information content (AvgIpc) is 3.16. The van der Waals surface area contributed by atoms with Crippen molar-refractivity contribution in [2.24, 2.45) is 0 Å². The smallest absolute Gasteiger partial charge is 0.319 e. The van der Waals surface area contributed by atoms with Crippen LogP contribution in [0, 0.1) is 13.8 Å². The fourth-order valence-electron chi connectivity index (χ4n) is 3.99. The fourth-order valence-corrected chi connectivity index (χ4v) is 4.30. The molecule has 1 atom stereocenters. The van der Waals surface area contributed by atoms with Crippen molar-refractivity contribution in [3.63, 3.8) is 0 Å². The minimum atomic E-state index is -1.78. The summed E-state index contributed by atoms with van der Waals surface area (Å²) in [5, 5.41) is 10.0. The van der Waals surface area contributed by atoms with Gasteiger partial charge in [0, 0.05) is 0 Å². The topological polar surface area (TPSA) is 80.4 Å². The Morgan fingerprint density at radius 3 is 1.87 bits per heavy atom. The summed E-state index contributed by atoms with van der Waals surface area (Å²) in [7, 11) is 0. The summed E-state index contributed by atoms with van der Waals surface area (Å²) < 4.78 is 5.89. The Morgan fingerprint density at radius 1 is 0.903 bits per heavy atom. The highest BCUT2D eigenvalue weighted by Gasteiger charge is 2.54. The van der Waals surface area contributed by atoms with Gasteiger partial charge in [0.15, 0.2) is 10.7 Å². The first kappa shape index (κ1) is 20.9. The zero-order valence-corrected chi connectivity index (χ0v) is 18.0. The minimum Gasteiger partial charge on any atom is -0.480 e. The van der Waals surface area contributed by atoms with E-state index in [0.29, 0.717) is 22.2 Å². The lowest BCUT2D eigenvalue weighted by molar-refractivity contribution is -0.144. The number of hydrogen-bond donors (Lipinski definition) is 2. The average molecular weight is 432 g/mol. The van der Waals surface area contributed by atoms with Gasteiger partial charge in [-0.3, -0.25) is 9.59 Å². The number of carbonyl (C=O) groups is 2. The molecule has 6 heteroatoms. The lowest BCUT2D eigenvalue weighted by Gasteiger charge is -2.35. The van der Waals surface area contributed by atoms with Crippen LogP contribution in [0.4, 0.5) is 0 Å². The van der Waals surface area contributed by atoms with Crippen LogP contribution in [0.15, 0.2) is 77.2 Å². The predicted molar refractivity (Wildman–Crippen MR) is 122 cm³/mol. The molecule has 4 rings (SSSR count). The number of aromatic nitrogens is 1. The van der Waals surface area contributed by atoms with Crippen molar-refractivity contribution in [2.45, 2.75) is 25.2 Å². The molecule has 0 saturated carbocycles. The third-order valence-corrected chi connectivity index (χ3v) is 5.85. The molecule has 1 unspecified atom stereocenters. The second-order valence-electron chi connectivity index (χ2n) is 7.64. The Kier molecular flexibility index (Phi) is 5.41. The molecule has 0 fully saturated rings. The first-order valence-electron chi connectivity index (χ1n) is 9.80. The van der Waals surface area contributed by atoms with Gasteiger partial charge in [-0.15, -0.1) is 12.6 Å². The van der Waals surface area contributed by atoms with E-state index in [-0.39, 0.29) is 5.89 Å². The maximum Gasteiger partial charge on any atom is 0.319 e. The largest absolute Gasteiger partial charge is 0.480 e. The van der Waals surface area contributed by atoms with Crippen LogP contribution >= 0.6 is 12.6 Å². The van der Waals surface area contributed by atoms with Gasteiger partial charge >= 0.3 is 5.97 Å². The van der Waals surface area contributed by atoms with Gasteiger partial charge in [-0.05, 0) is 37.1 Å². The van der Waals surface area contributed by atoms with Crippen molar-refractivity contribution in [3.05, 3.63) is 101 Å². The zero-order valence-electron chi connectivity index (χ0n) is 17.1. The van der Waals surface area contributed by atoms with Gasteiger partial charge in [0.1, 0.15) is 16.8 Å². The van der Waals surface area contributed by atoms with Gasteiger partial charge in [0.25, 0.3) is 0 Å². The van der Waals surface area contributed by atoms with Crippen LogP contribution in [-0.4, -0.2) is 21.2 Å². The van der Waals surface area contributed by atoms with Crippen molar-refractivity contribution < 1.29 is 19.1 Å².